The minimum Gasteiger partial charge on any atom is -0.496 e. The second kappa shape index (κ2) is 7.56. The van der Waals surface area contributed by atoms with Gasteiger partial charge in [-0.25, -0.2) is 4.39 Å². The lowest BCUT2D eigenvalue weighted by Gasteiger charge is -2.35. The second-order valence-electron chi connectivity index (χ2n) is 6.28. The Hall–Kier alpha value is -2.89. The van der Waals surface area contributed by atoms with E-state index < -0.39 is 5.82 Å². The number of amides is 2. The van der Waals surface area contributed by atoms with Gasteiger partial charge in [0.05, 0.1) is 7.11 Å². The zero-order valence-electron chi connectivity index (χ0n) is 14.9. The van der Waals surface area contributed by atoms with Crippen LogP contribution in [0.3, 0.4) is 0 Å². The summed E-state index contributed by atoms with van der Waals surface area (Å²) in [5, 5.41) is 0. The van der Waals surface area contributed by atoms with Crippen LogP contribution in [-0.4, -0.2) is 54.9 Å². The van der Waals surface area contributed by atoms with Crippen molar-refractivity contribution in [1.82, 2.24) is 9.80 Å². The fourth-order valence-corrected chi connectivity index (χ4v) is 3.11. The quantitative estimate of drug-likeness (QED) is 0.850. The van der Waals surface area contributed by atoms with E-state index in [0.29, 0.717) is 37.3 Å². The molecule has 1 heterocycles. The van der Waals surface area contributed by atoms with Crippen LogP contribution in [-0.2, 0) is 0 Å². The van der Waals surface area contributed by atoms with Crippen molar-refractivity contribution in [1.29, 1.82) is 0 Å². The lowest BCUT2D eigenvalue weighted by atomic mass is 10.1. The van der Waals surface area contributed by atoms with Crippen LogP contribution in [0.2, 0.25) is 0 Å². The van der Waals surface area contributed by atoms with Crippen LogP contribution >= 0.6 is 0 Å². The summed E-state index contributed by atoms with van der Waals surface area (Å²) in [5.74, 6) is 0.0390. The number of hydrogen-bond donors (Lipinski definition) is 0. The maximum Gasteiger partial charge on any atom is 0.254 e. The number of ether oxygens (including phenoxy) is 1. The second-order valence-corrected chi connectivity index (χ2v) is 6.28. The van der Waals surface area contributed by atoms with E-state index in [2.05, 4.69) is 0 Å². The van der Waals surface area contributed by atoms with E-state index in [4.69, 9.17) is 4.74 Å². The molecular formula is C20H21FN2O3. The van der Waals surface area contributed by atoms with E-state index in [-0.39, 0.29) is 11.8 Å². The number of carbonyl (C=O) groups is 2. The first-order valence-corrected chi connectivity index (χ1v) is 8.48. The molecule has 0 radical (unpaired) electrons. The zero-order chi connectivity index (χ0) is 18.7. The van der Waals surface area contributed by atoms with Crippen molar-refractivity contribution >= 4 is 11.8 Å². The van der Waals surface area contributed by atoms with Gasteiger partial charge in [-0.15, -0.1) is 0 Å². The topological polar surface area (TPSA) is 49.9 Å². The summed E-state index contributed by atoms with van der Waals surface area (Å²) < 4.78 is 18.5. The van der Waals surface area contributed by atoms with Crippen LogP contribution in [0.15, 0.2) is 42.5 Å². The Morgan fingerprint density at radius 3 is 2.00 bits per heavy atom. The third-order valence-corrected chi connectivity index (χ3v) is 4.57. The number of halogens is 1. The largest absolute Gasteiger partial charge is 0.496 e. The fraction of sp³-hybridized carbons (Fsp3) is 0.300. The Morgan fingerprint density at radius 2 is 1.50 bits per heavy atom. The van der Waals surface area contributed by atoms with E-state index in [1.165, 1.54) is 18.2 Å². The number of piperazine rings is 1. The minimum atomic E-state index is -0.431. The number of aryl methyl sites for hydroxylation is 1. The molecule has 0 N–H and O–H groups in total. The molecular weight excluding hydrogens is 335 g/mol. The molecule has 0 bridgehead atoms. The van der Waals surface area contributed by atoms with Crippen molar-refractivity contribution in [2.24, 2.45) is 0 Å². The molecule has 1 aliphatic rings. The van der Waals surface area contributed by atoms with E-state index in [0.717, 1.165) is 11.3 Å². The van der Waals surface area contributed by atoms with Gasteiger partial charge in [0.2, 0.25) is 0 Å². The normalized spacial score (nSPS) is 14.3. The molecule has 1 fully saturated rings. The minimum absolute atomic E-state index is 0.0615. The fourth-order valence-electron chi connectivity index (χ4n) is 3.11. The molecule has 2 aromatic rings. The van der Waals surface area contributed by atoms with Gasteiger partial charge in [-0.1, -0.05) is 6.07 Å². The maximum absolute atomic E-state index is 13.3. The molecule has 0 atom stereocenters. The summed E-state index contributed by atoms with van der Waals surface area (Å²) in [6.07, 6.45) is 0. The van der Waals surface area contributed by atoms with Gasteiger partial charge in [-0.2, -0.15) is 0 Å². The van der Waals surface area contributed by atoms with Gasteiger partial charge in [0.15, 0.2) is 0 Å². The van der Waals surface area contributed by atoms with Gasteiger partial charge in [-0.05, 0) is 48.9 Å². The zero-order valence-corrected chi connectivity index (χ0v) is 14.9. The summed E-state index contributed by atoms with van der Waals surface area (Å²) in [5.41, 5.74) is 1.84. The van der Waals surface area contributed by atoms with Crippen molar-refractivity contribution in [3.8, 4) is 5.75 Å². The average molecular weight is 356 g/mol. The maximum atomic E-state index is 13.3. The molecule has 3 rings (SSSR count). The highest BCUT2D eigenvalue weighted by molar-refractivity contribution is 5.96. The van der Waals surface area contributed by atoms with Gasteiger partial charge in [0.25, 0.3) is 11.8 Å². The SMILES string of the molecule is COc1ccc(C(=O)N2CCN(C(=O)c3cccc(F)c3)CC2)cc1C. The Morgan fingerprint density at radius 1 is 0.923 bits per heavy atom. The van der Waals surface area contributed by atoms with E-state index in [1.807, 2.05) is 13.0 Å². The molecule has 1 aliphatic heterocycles. The number of methoxy groups -OCH3 is 1. The summed E-state index contributed by atoms with van der Waals surface area (Å²) in [6, 6.07) is 11.0. The smallest absolute Gasteiger partial charge is 0.254 e. The third kappa shape index (κ3) is 3.69. The molecule has 2 amide bonds. The van der Waals surface area contributed by atoms with Crippen LogP contribution < -0.4 is 4.74 Å². The highest BCUT2D eigenvalue weighted by atomic mass is 19.1. The Balaban J connectivity index is 1.63. The number of benzene rings is 2. The van der Waals surface area contributed by atoms with Crippen molar-refractivity contribution in [2.75, 3.05) is 33.3 Å². The van der Waals surface area contributed by atoms with Crippen molar-refractivity contribution in [3.05, 3.63) is 65.0 Å². The molecule has 0 unspecified atom stereocenters. The molecule has 0 aliphatic carbocycles. The van der Waals surface area contributed by atoms with Crippen LogP contribution in [0, 0.1) is 12.7 Å². The average Bonchev–Trinajstić information content (AvgIpc) is 2.67. The lowest BCUT2D eigenvalue weighted by Crippen LogP contribution is -2.50. The van der Waals surface area contributed by atoms with Crippen LogP contribution in [0.5, 0.6) is 5.75 Å². The standard InChI is InChI=1S/C20H21FN2O3/c1-14-12-16(6-7-18(14)26-2)20(25)23-10-8-22(9-11-23)19(24)15-4-3-5-17(21)13-15/h3-7,12-13H,8-11H2,1-2H3. The molecule has 2 aromatic carbocycles. The Bertz CT molecular complexity index is 830. The summed E-state index contributed by atoms with van der Waals surface area (Å²) in [4.78, 5) is 28.5. The first-order chi connectivity index (χ1) is 12.5. The molecule has 6 heteroatoms. The Labute approximate surface area is 152 Å². The van der Waals surface area contributed by atoms with Gasteiger partial charge < -0.3 is 14.5 Å². The number of nitrogens with zero attached hydrogens (tertiary/aromatic N) is 2. The van der Waals surface area contributed by atoms with Crippen LogP contribution in [0.4, 0.5) is 4.39 Å². The summed E-state index contributed by atoms with van der Waals surface area (Å²) in [7, 11) is 1.60. The first kappa shape index (κ1) is 17.9. The lowest BCUT2D eigenvalue weighted by molar-refractivity contribution is 0.0535. The molecule has 0 saturated carbocycles. The van der Waals surface area contributed by atoms with Crippen molar-refractivity contribution in [2.45, 2.75) is 6.92 Å². The molecule has 0 spiro atoms. The number of rotatable bonds is 3. The first-order valence-electron chi connectivity index (χ1n) is 8.48. The van der Waals surface area contributed by atoms with Crippen molar-refractivity contribution < 1.29 is 18.7 Å². The molecule has 26 heavy (non-hydrogen) atoms. The van der Waals surface area contributed by atoms with E-state index in [1.54, 1.807) is 35.1 Å². The summed E-state index contributed by atoms with van der Waals surface area (Å²) >= 11 is 0. The van der Waals surface area contributed by atoms with E-state index in [9.17, 15) is 14.0 Å². The van der Waals surface area contributed by atoms with Gasteiger partial charge >= 0.3 is 0 Å². The summed E-state index contributed by atoms with van der Waals surface area (Å²) in [6.45, 7) is 3.65. The predicted octanol–water partition coefficient (Wildman–Crippen LogP) is 2.74. The number of carbonyl (C=O) groups excluding carboxylic acids is 2. The highest BCUT2D eigenvalue weighted by Crippen LogP contribution is 2.20. The molecule has 1 saturated heterocycles. The Kier molecular flexibility index (Phi) is 5.21. The van der Waals surface area contributed by atoms with Crippen LogP contribution in [0.1, 0.15) is 26.3 Å². The van der Waals surface area contributed by atoms with Crippen molar-refractivity contribution in [3.63, 3.8) is 0 Å². The molecule has 5 nitrogen and oxygen atoms in total. The van der Waals surface area contributed by atoms with Gasteiger partial charge in [0, 0.05) is 37.3 Å². The highest BCUT2D eigenvalue weighted by Gasteiger charge is 2.25. The van der Waals surface area contributed by atoms with Gasteiger partial charge in [-0.3, -0.25) is 9.59 Å². The third-order valence-electron chi connectivity index (χ3n) is 4.57. The van der Waals surface area contributed by atoms with Crippen LogP contribution in [0.25, 0.3) is 0 Å². The number of hydrogen-bond acceptors (Lipinski definition) is 3. The molecule has 0 aromatic heterocycles. The monoisotopic (exact) mass is 356 g/mol. The predicted molar refractivity (Wildman–Crippen MR) is 95.9 cm³/mol. The molecule has 136 valence electrons. The van der Waals surface area contributed by atoms with E-state index >= 15 is 0 Å². The van der Waals surface area contributed by atoms with Gasteiger partial charge in [0.1, 0.15) is 11.6 Å².